The van der Waals surface area contributed by atoms with Gasteiger partial charge in [-0.1, -0.05) is 6.07 Å². The van der Waals surface area contributed by atoms with E-state index in [-0.39, 0.29) is 6.54 Å². The molecule has 2 N–H and O–H groups in total. The van der Waals surface area contributed by atoms with E-state index in [4.69, 9.17) is 5.73 Å². The van der Waals surface area contributed by atoms with Gasteiger partial charge in [-0.2, -0.15) is 0 Å². The van der Waals surface area contributed by atoms with Crippen LogP contribution in [0.2, 0.25) is 0 Å². The molecule has 2 rings (SSSR count). The Bertz CT molecular complexity index is 409. The summed E-state index contributed by atoms with van der Waals surface area (Å²) in [6.07, 6.45) is 0. The maximum Gasteiger partial charge on any atom is 0.283 e. The molecule has 3 nitrogen and oxygen atoms in total. The number of rotatable bonds is 4. The minimum absolute atomic E-state index is 0.282. The fourth-order valence-corrected chi connectivity index (χ4v) is 2.18. The van der Waals surface area contributed by atoms with Crippen molar-refractivity contribution >= 4 is 5.69 Å². The van der Waals surface area contributed by atoms with E-state index >= 15 is 0 Å². The van der Waals surface area contributed by atoms with Gasteiger partial charge in [-0.25, -0.2) is 8.78 Å². The van der Waals surface area contributed by atoms with Crippen LogP contribution < -0.4 is 5.73 Å². The van der Waals surface area contributed by atoms with Gasteiger partial charge in [0.05, 0.1) is 6.54 Å². The molecule has 0 aromatic heterocycles. The van der Waals surface area contributed by atoms with E-state index in [1.807, 2.05) is 12.1 Å². The Balaban J connectivity index is 2.01. The summed E-state index contributed by atoms with van der Waals surface area (Å²) in [4.78, 5) is 1.71. The Hall–Kier alpha value is -1.20. The van der Waals surface area contributed by atoms with Gasteiger partial charge in [0.15, 0.2) is 0 Å². The van der Waals surface area contributed by atoms with Gasteiger partial charge in [0.2, 0.25) is 0 Å². The first-order chi connectivity index (χ1) is 8.00. The largest absolute Gasteiger partial charge is 0.399 e. The number of halogens is 2. The number of nitrogens with zero attached hydrogens (tertiary/aromatic N) is 1. The second-order valence-corrected chi connectivity index (χ2v) is 4.46. The average Bonchev–Trinajstić information content (AvgIpc) is 2.57. The zero-order valence-electron chi connectivity index (χ0n) is 9.75. The first-order valence-electron chi connectivity index (χ1n) is 5.46. The van der Waals surface area contributed by atoms with Crippen molar-refractivity contribution in [2.24, 2.45) is 0 Å². The van der Waals surface area contributed by atoms with Gasteiger partial charge in [0.25, 0.3) is 5.92 Å². The van der Waals surface area contributed by atoms with E-state index in [1.54, 1.807) is 11.0 Å². The van der Waals surface area contributed by atoms with Gasteiger partial charge < -0.3 is 10.5 Å². The van der Waals surface area contributed by atoms with Crippen molar-refractivity contribution < 1.29 is 13.5 Å². The molecule has 0 unspecified atom stereocenters. The van der Waals surface area contributed by atoms with E-state index in [9.17, 15) is 8.78 Å². The zero-order valence-corrected chi connectivity index (χ0v) is 9.75. The van der Waals surface area contributed by atoms with Crippen LogP contribution in [-0.2, 0) is 17.8 Å². The summed E-state index contributed by atoms with van der Waals surface area (Å²) >= 11 is 0. The van der Waals surface area contributed by atoms with Crippen molar-refractivity contribution in [2.45, 2.75) is 19.0 Å². The first-order valence-corrected chi connectivity index (χ1v) is 5.46. The minimum atomic E-state index is -2.80. The van der Waals surface area contributed by atoms with Crippen LogP contribution in [0.4, 0.5) is 14.5 Å². The number of nitrogens with two attached hydrogens (primary N) is 1. The van der Waals surface area contributed by atoms with Crippen LogP contribution in [0, 0.1) is 0 Å². The number of alkyl halides is 2. The molecule has 0 spiro atoms. The number of hydrogen-bond acceptors (Lipinski definition) is 3. The van der Waals surface area contributed by atoms with Crippen molar-refractivity contribution in [3.63, 3.8) is 0 Å². The van der Waals surface area contributed by atoms with Gasteiger partial charge in [-0.05, 0) is 23.3 Å². The van der Waals surface area contributed by atoms with Crippen LogP contribution in [0.1, 0.15) is 11.1 Å². The third-order valence-electron chi connectivity index (χ3n) is 2.83. The Morgan fingerprint density at radius 3 is 2.76 bits per heavy atom. The Labute approximate surface area is 99.2 Å². The molecule has 94 valence electrons. The SMILES string of the molecule is COCC(F)(F)CN1Cc2ccc(N)cc2C1. The van der Waals surface area contributed by atoms with Crippen LogP contribution in [0.15, 0.2) is 18.2 Å². The van der Waals surface area contributed by atoms with E-state index < -0.39 is 12.5 Å². The molecule has 1 aliphatic rings. The summed E-state index contributed by atoms with van der Waals surface area (Å²) in [5, 5.41) is 0. The van der Waals surface area contributed by atoms with E-state index in [0.29, 0.717) is 18.8 Å². The van der Waals surface area contributed by atoms with E-state index in [1.165, 1.54) is 7.11 Å². The molecule has 0 bridgehead atoms. The number of hydrogen-bond donors (Lipinski definition) is 1. The summed E-state index contributed by atoms with van der Waals surface area (Å²) in [6.45, 7) is 0.256. The average molecular weight is 242 g/mol. The highest BCUT2D eigenvalue weighted by atomic mass is 19.3. The highest BCUT2D eigenvalue weighted by molar-refractivity contribution is 5.46. The normalized spacial score (nSPS) is 16.2. The minimum Gasteiger partial charge on any atom is -0.399 e. The van der Waals surface area contributed by atoms with Crippen LogP contribution in [0.3, 0.4) is 0 Å². The van der Waals surface area contributed by atoms with Gasteiger partial charge in [0.1, 0.15) is 6.61 Å². The summed E-state index contributed by atoms with van der Waals surface area (Å²) in [6, 6.07) is 5.55. The predicted octanol–water partition coefficient (Wildman–Crippen LogP) is 1.87. The molecule has 5 heteroatoms. The zero-order chi connectivity index (χ0) is 12.5. The smallest absolute Gasteiger partial charge is 0.283 e. The van der Waals surface area contributed by atoms with Crippen LogP contribution in [-0.4, -0.2) is 31.1 Å². The fourth-order valence-electron chi connectivity index (χ4n) is 2.18. The predicted molar refractivity (Wildman–Crippen MR) is 61.8 cm³/mol. The molecular weight excluding hydrogens is 226 g/mol. The van der Waals surface area contributed by atoms with Gasteiger partial charge in [-0.15, -0.1) is 0 Å². The molecule has 1 aromatic rings. The van der Waals surface area contributed by atoms with Crippen molar-refractivity contribution in [3.05, 3.63) is 29.3 Å². The summed E-state index contributed by atoms with van der Waals surface area (Å²) < 4.78 is 31.3. The van der Waals surface area contributed by atoms with Crippen molar-refractivity contribution in [2.75, 3.05) is 26.0 Å². The fraction of sp³-hybridized carbons (Fsp3) is 0.500. The van der Waals surface area contributed by atoms with Gasteiger partial charge in [-0.3, -0.25) is 4.90 Å². The second kappa shape index (κ2) is 4.58. The van der Waals surface area contributed by atoms with Crippen LogP contribution in [0.25, 0.3) is 0 Å². The van der Waals surface area contributed by atoms with Gasteiger partial charge >= 0.3 is 0 Å². The first kappa shape index (κ1) is 12.3. The third-order valence-corrected chi connectivity index (χ3v) is 2.83. The number of fused-ring (bicyclic) bond motifs is 1. The highest BCUT2D eigenvalue weighted by Gasteiger charge is 2.33. The number of methoxy groups -OCH3 is 1. The molecule has 1 aliphatic heterocycles. The van der Waals surface area contributed by atoms with E-state index in [2.05, 4.69) is 4.74 Å². The Kier molecular flexibility index (Phi) is 3.31. The lowest BCUT2D eigenvalue weighted by Gasteiger charge is -2.22. The molecule has 0 saturated carbocycles. The highest BCUT2D eigenvalue weighted by Crippen LogP contribution is 2.27. The molecule has 1 aromatic carbocycles. The topological polar surface area (TPSA) is 38.5 Å². The molecule has 0 fully saturated rings. The molecule has 0 atom stereocenters. The molecule has 0 aliphatic carbocycles. The maximum absolute atomic E-state index is 13.4. The number of benzene rings is 1. The lowest BCUT2D eigenvalue weighted by Crippen LogP contribution is -2.37. The lowest BCUT2D eigenvalue weighted by atomic mass is 10.1. The Morgan fingerprint density at radius 2 is 2.06 bits per heavy atom. The monoisotopic (exact) mass is 242 g/mol. The summed E-state index contributed by atoms with van der Waals surface area (Å²) in [5.41, 5.74) is 8.46. The molecule has 17 heavy (non-hydrogen) atoms. The molecule has 1 heterocycles. The summed E-state index contributed by atoms with van der Waals surface area (Å²) in [7, 11) is 1.29. The van der Waals surface area contributed by atoms with Crippen molar-refractivity contribution in [1.82, 2.24) is 4.90 Å². The quantitative estimate of drug-likeness (QED) is 0.819. The maximum atomic E-state index is 13.4. The third kappa shape index (κ3) is 2.92. The number of anilines is 1. The molecular formula is C12H16F2N2O. The van der Waals surface area contributed by atoms with E-state index in [0.717, 1.165) is 11.1 Å². The van der Waals surface area contributed by atoms with Gasteiger partial charge in [0, 0.05) is 25.9 Å². The standard InChI is InChI=1S/C12H16F2N2O/c1-17-8-12(13,14)7-16-5-9-2-3-11(15)4-10(9)6-16/h2-4H,5-8,15H2,1H3. The Morgan fingerprint density at radius 1 is 1.35 bits per heavy atom. The lowest BCUT2D eigenvalue weighted by molar-refractivity contribution is -0.0851. The molecule has 0 radical (unpaired) electrons. The molecule has 0 amide bonds. The van der Waals surface area contributed by atoms with Crippen molar-refractivity contribution in [3.8, 4) is 0 Å². The second-order valence-electron chi connectivity index (χ2n) is 4.46. The number of nitrogen functional groups attached to an aromatic ring is 1. The van der Waals surface area contributed by atoms with Crippen LogP contribution in [0.5, 0.6) is 0 Å². The molecule has 0 saturated heterocycles. The van der Waals surface area contributed by atoms with Crippen LogP contribution >= 0.6 is 0 Å². The summed E-state index contributed by atoms with van der Waals surface area (Å²) in [5.74, 6) is -2.80. The number of ether oxygens (including phenoxy) is 1. The van der Waals surface area contributed by atoms with Crippen molar-refractivity contribution in [1.29, 1.82) is 0 Å².